The third-order valence-corrected chi connectivity index (χ3v) is 3.35. The third kappa shape index (κ3) is 4.24. The van der Waals surface area contributed by atoms with Gasteiger partial charge in [0.15, 0.2) is 0 Å². The quantitative estimate of drug-likeness (QED) is 0.851. The van der Waals surface area contributed by atoms with Gasteiger partial charge in [-0.2, -0.15) is 0 Å². The summed E-state index contributed by atoms with van der Waals surface area (Å²) in [5.41, 5.74) is 2.96. The molecule has 0 fully saturated rings. The van der Waals surface area contributed by atoms with E-state index in [-0.39, 0.29) is 6.03 Å². The Bertz CT molecular complexity index is 638. The number of amides is 2. The largest absolute Gasteiger partial charge is 0.323 e. The number of carbonyl (C=O) groups is 1. The fourth-order valence-corrected chi connectivity index (χ4v) is 2.09. The number of nitrogens with one attached hydrogen (secondary N) is 2. The zero-order valence-electron chi connectivity index (χ0n) is 11.1. The maximum absolute atomic E-state index is 11.7. The lowest BCUT2D eigenvalue weighted by atomic mass is 10.1. The molecule has 4 heteroatoms. The minimum atomic E-state index is -0.277. The Balaban J connectivity index is 1.91. The molecule has 0 aliphatic carbocycles. The molecule has 0 aliphatic rings. The van der Waals surface area contributed by atoms with E-state index in [4.69, 9.17) is 0 Å². The highest BCUT2D eigenvalue weighted by atomic mass is 79.9. The first kappa shape index (κ1) is 14.3. The maximum atomic E-state index is 11.7. The van der Waals surface area contributed by atoms with E-state index in [2.05, 4.69) is 26.6 Å². The number of hydrogen-bond acceptors (Lipinski definition) is 1. The Labute approximate surface area is 126 Å². The molecule has 0 atom stereocenters. The van der Waals surface area contributed by atoms with Crippen LogP contribution in [0.4, 0.5) is 10.5 Å². The normalized spacial score (nSPS) is 10.5. The second-order valence-corrected chi connectivity index (χ2v) is 5.18. The van der Waals surface area contributed by atoms with Crippen molar-refractivity contribution in [2.24, 2.45) is 0 Å². The van der Waals surface area contributed by atoms with Gasteiger partial charge in [0.05, 0.1) is 5.69 Å². The zero-order valence-corrected chi connectivity index (χ0v) is 12.6. The van der Waals surface area contributed by atoms with E-state index in [1.54, 1.807) is 6.20 Å². The van der Waals surface area contributed by atoms with Crippen LogP contribution >= 0.6 is 15.9 Å². The summed E-state index contributed by atoms with van der Waals surface area (Å²) in [5.74, 6) is 0. The molecule has 0 bridgehead atoms. The summed E-state index contributed by atoms with van der Waals surface area (Å²) in [5, 5.41) is 5.43. The number of para-hydroxylation sites is 1. The predicted octanol–water partition coefficient (Wildman–Crippen LogP) is 4.55. The average molecular weight is 331 g/mol. The van der Waals surface area contributed by atoms with Crippen molar-refractivity contribution in [2.45, 2.75) is 6.92 Å². The summed E-state index contributed by atoms with van der Waals surface area (Å²) in [6.07, 6.45) is 3.48. The maximum Gasteiger partial charge on any atom is 0.323 e. The van der Waals surface area contributed by atoms with Crippen LogP contribution in [0.2, 0.25) is 0 Å². The first-order chi connectivity index (χ1) is 9.65. The van der Waals surface area contributed by atoms with Crippen molar-refractivity contribution in [3.63, 3.8) is 0 Å². The molecule has 102 valence electrons. The molecule has 2 aromatic carbocycles. The highest BCUT2D eigenvalue weighted by molar-refractivity contribution is 9.10. The molecule has 20 heavy (non-hydrogen) atoms. The lowest BCUT2D eigenvalue weighted by Gasteiger charge is -2.06. The molecular weight excluding hydrogens is 316 g/mol. The Morgan fingerprint density at radius 1 is 1.15 bits per heavy atom. The standard InChI is InChI=1S/C16H15BrN2O/c1-12-5-4-6-13(11-12)9-10-18-16(20)19-15-8-3-2-7-14(15)17/h2-11H,1H3,(H2,18,19,20)/b10-9+. The van der Waals surface area contributed by atoms with Crippen molar-refractivity contribution >= 4 is 33.7 Å². The monoisotopic (exact) mass is 330 g/mol. The number of urea groups is 1. The highest BCUT2D eigenvalue weighted by Crippen LogP contribution is 2.20. The molecule has 2 amide bonds. The summed E-state index contributed by atoms with van der Waals surface area (Å²) in [6, 6.07) is 15.2. The molecule has 0 saturated carbocycles. The summed E-state index contributed by atoms with van der Waals surface area (Å²) >= 11 is 3.38. The number of hydrogen-bond donors (Lipinski definition) is 2. The molecular formula is C16H15BrN2O. The molecule has 0 saturated heterocycles. The van der Waals surface area contributed by atoms with Gasteiger partial charge in [0, 0.05) is 10.7 Å². The Kier molecular flexibility index (Phi) is 4.96. The minimum Gasteiger partial charge on any atom is -0.314 e. The van der Waals surface area contributed by atoms with Crippen LogP contribution in [0.1, 0.15) is 11.1 Å². The highest BCUT2D eigenvalue weighted by Gasteiger charge is 2.01. The molecule has 0 aliphatic heterocycles. The number of carbonyl (C=O) groups excluding carboxylic acids is 1. The Hall–Kier alpha value is -2.07. The molecule has 0 aromatic heterocycles. The van der Waals surface area contributed by atoms with Gasteiger partial charge in [0.2, 0.25) is 0 Å². The molecule has 3 nitrogen and oxygen atoms in total. The van der Waals surface area contributed by atoms with Gasteiger partial charge < -0.3 is 10.6 Å². The van der Waals surface area contributed by atoms with Crippen LogP contribution in [-0.4, -0.2) is 6.03 Å². The van der Waals surface area contributed by atoms with Crippen LogP contribution in [0.3, 0.4) is 0 Å². The van der Waals surface area contributed by atoms with E-state index in [0.717, 1.165) is 15.7 Å². The first-order valence-electron chi connectivity index (χ1n) is 6.20. The van der Waals surface area contributed by atoms with Gasteiger partial charge in [0.1, 0.15) is 0 Å². The molecule has 0 radical (unpaired) electrons. The lowest BCUT2D eigenvalue weighted by molar-refractivity contribution is 0.255. The summed E-state index contributed by atoms with van der Waals surface area (Å²) < 4.78 is 0.845. The Morgan fingerprint density at radius 2 is 1.95 bits per heavy atom. The Morgan fingerprint density at radius 3 is 2.70 bits per heavy atom. The second kappa shape index (κ2) is 6.91. The number of rotatable bonds is 3. The average Bonchev–Trinajstić information content (AvgIpc) is 2.41. The van der Waals surface area contributed by atoms with Gasteiger partial charge in [-0.15, -0.1) is 0 Å². The fourth-order valence-electron chi connectivity index (χ4n) is 1.71. The van der Waals surface area contributed by atoms with Crippen molar-refractivity contribution in [3.05, 3.63) is 70.3 Å². The fraction of sp³-hybridized carbons (Fsp3) is 0.0625. The second-order valence-electron chi connectivity index (χ2n) is 4.33. The van der Waals surface area contributed by atoms with Crippen LogP contribution in [0.15, 0.2) is 59.2 Å². The van der Waals surface area contributed by atoms with Crippen molar-refractivity contribution in [1.82, 2.24) is 5.32 Å². The number of benzene rings is 2. The van der Waals surface area contributed by atoms with Crippen molar-refractivity contribution in [2.75, 3.05) is 5.32 Å². The van der Waals surface area contributed by atoms with E-state index < -0.39 is 0 Å². The first-order valence-corrected chi connectivity index (χ1v) is 7.00. The lowest BCUT2D eigenvalue weighted by Crippen LogP contribution is -2.23. The number of aryl methyl sites for hydroxylation is 1. The SMILES string of the molecule is Cc1cccc(/C=C/NC(=O)Nc2ccccc2Br)c1. The van der Waals surface area contributed by atoms with Gasteiger partial charge in [-0.3, -0.25) is 0 Å². The number of halogens is 1. The minimum absolute atomic E-state index is 0.277. The van der Waals surface area contributed by atoms with Crippen LogP contribution in [0.5, 0.6) is 0 Å². The molecule has 2 rings (SSSR count). The van der Waals surface area contributed by atoms with E-state index in [1.165, 1.54) is 5.56 Å². The van der Waals surface area contributed by atoms with Crippen LogP contribution in [0, 0.1) is 6.92 Å². The van der Waals surface area contributed by atoms with Gasteiger partial charge in [-0.05, 0) is 46.6 Å². The molecule has 0 unspecified atom stereocenters. The van der Waals surface area contributed by atoms with E-state index in [0.29, 0.717) is 0 Å². The van der Waals surface area contributed by atoms with E-state index >= 15 is 0 Å². The van der Waals surface area contributed by atoms with Gasteiger partial charge in [0.25, 0.3) is 0 Å². The number of anilines is 1. The topological polar surface area (TPSA) is 41.1 Å². The summed E-state index contributed by atoms with van der Waals surface area (Å²) in [6.45, 7) is 2.03. The van der Waals surface area contributed by atoms with Gasteiger partial charge in [-0.25, -0.2) is 4.79 Å². The van der Waals surface area contributed by atoms with Gasteiger partial charge in [-0.1, -0.05) is 42.0 Å². The van der Waals surface area contributed by atoms with E-state index in [9.17, 15) is 4.79 Å². The third-order valence-electron chi connectivity index (χ3n) is 2.65. The zero-order chi connectivity index (χ0) is 14.4. The smallest absolute Gasteiger partial charge is 0.314 e. The molecule has 2 N–H and O–H groups in total. The summed E-state index contributed by atoms with van der Waals surface area (Å²) in [4.78, 5) is 11.7. The van der Waals surface area contributed by atoms with E-state index in [1.807, 2.05) is 61.5 Å². The summed E-state index contributed by atoms with van der Waals surface area (Å²) in [7, 11) is 0. The molecule has 0 spiro atoms. The molecule has 2 aromatic rings. The van der Waals surface area contributed by atoms with Crippen LogP contribution in [0.25, 0.3) is 6.08 Å². The predicted molar refractivity (Wildman–Crippen MR) is 86.5 cm³/mol. The van der Waals surface area contributed by atoms with Crippen molar-refractivity contribution < 1.29 is 4.79 Å². The van der Waals surface area contributed by atoms with Crippen molar-refractivity contribution in [3.8, 4) is 0 Å². The van der Waals surface area contributed by atoms with Crippen LogP contribution in [-0.2, 0) is 0 Å². The van der Waals surface area contributed by atoms with Crippen LogP contribution < -0.4 is 10.6 Å². The molecule has 0 heterocycles. The van der Waals surface area contributed by atoms with Gasteiger partial charge >= 0.3 is 6.03 Å². The van der Waals surface area contributed by atoms with Crippen molar-refractivity contribution in [1.29, 1.82) is 0 Å².